The summed E-state index contributed by atoms with van der Waals surface area (Å²) in [5.74, 6) is 0.116. The van der Waals surface area contributed by atoms with Gasteiger partial charge in [-0.15, -0.1) is 0 Å². The van der Waals surface area contributed by atoms with E-state index < -0.39 is 0 Å². The number of halogens is 2. The summed E-state index contributed by atoms with van der Waals surface area (Å²) in [6.07, 6.45) is 2.81. The van der Waals surface area contributed by atoms with Gasteiger partial charge in [0.15, 0.2) is 0 Å². The van der Waals surface area contributed by atoms with Crippen LogP contribution in [0.15, 0.2) is 29.8 Å². The number of likely N-dealkylation sites (tertiary alicyclic amines) is 1. The minimum Gasteiger partial charge on any atom is -0.463 e. The predicted octanol–water partition coefficient (Wildman–Crippen LogP) is 3.67. The van der Waals surface area contributed by atoms with Gasteiger partial charge in [0.25, 0.3) is 5.19 Å². The zero-order valence-electron chi connectivity index (χ0n) is 11.7. The number of carbonyl (C=O) groups is 1. The molecule has 3 rings (SSSR count). The highest BCUT2D eigenvalue weighted by Crippen LogP contribution is 2.24. The Hall–Kier alpha value is -1.30. The molecule has 0 aliphatic carbocycles. The molecule has 1 aromatic carbocycles. The molecule has 0 unspecified atom stereocenters. The van der Waals surface area contributed by atoms with E-state index in [1.165, 1.54) is 11.3 Å². The van der Waals surface area contributed by atoms with Crippen LogP contribution < -0.4 is 4.74 Å². The van der Waals surface area contributed by atoms with Gasteiger partial charge in [0, 0.05) is 28.0 Å². The molecule has 1 amide bonds. The van der Waals surface area contributed by atoms with Gasteiger partial charge in [-0.25, -0.2) is 4.98 Å². The summed E-state index contributed by atoms with van der Waals surface area (Å²) in [7, 11) is 0. The quantitative estimate of drug-likeness (QED) is 0.820. The molecule has 1 fully saturated rings. The Kier molecular flexibility index (Phi) is 4.86. The van der Waals surface area contributed by atoms with Crippen LogP contribution in [0.3, 0.4) is 0 Å². The third-order valence-corrected chi connectivity index (χ3v) is 4.75. The Bertz CT molecular complexity index is 658. The van der Waals surface area contributed by atoms with Crippen molar-refractivity contribution in [2.24, 2.45) is 0 Å². The lowest BCUT2D eigenvalue weighted by molar-refractivity contribution is -0.139. The Morgan fingerprint density at radius 1 is 1.41 bits per heavy atom. The number of thiazole rings is 1. The number of aromatic nitrogens is 1. The lowest BCUT2D eigenvalue weighted by atomic mass is 10.1. The highest BCUT2D eigenvalue weighted by Gasteiger charge is 2.32. The van der Waals surface area contributed by atoms with Crippen LogP contribution in [0.2, 0.25) is 10.0 Å². The van der Waals surface area contributed by atoms with Crippen molar-refractivity contribution < 1.29 is 9.53 Å². The minimum absolute atomic E-state index is 0.0502. The zero-order chi connectivity index (χ0) is 15.5. The van der Waals surface area contributed by atoms with Gasteiger partial charge in [0.2, 0.25) is 5.91 Å². The highest BCUT2D eigenvalue weighted by atomic mass is 35.5. The van der Waals surface area contributed by atoms with Crippen LogP contribution in [0.1, 0.15) is 12.0 Å². The van der Waals surface area contributed by atoms with E-state index >= 15 is 0 Å². The summed E-state index contributed by atoms with van der Waals surface area (Å²) < 4.78 is 5.64. The van der Waals surface area contributed by atoms with Crippen LogP contribution in [0.25, 0.3) is 0 Å². The largest absolute Gasteiger partial charge is 0.463 e. The van der Waals surface area contributed by atoms with E-state index in [1.54, 1.807) is 23.2 Å². The average molecular weight is 357 g/mol. The van der Waals surface area contributed by atoms with E-state index in [0.717, 1.165) is 5.56 Å². The van der Waals surface area contributed by atoms with Crippen molar-refractivity contribution in [3.8, 4) is 5.19 Å². The third-order valence-electron chi connectivity index (χ3n) is 3.50. The maximum Gasteiger partial charge on any atom is 0.273 e. The molecule has 116 valence electrons. The van der Waals surface area contributed by atoms with Gasteiger partial charge in [-0.1, -0.05) is 40.6 Å². The van der Waals surface area contributed by atoms with E-state index in [4.69, 9.17) is 27.9 Å². The first-order chi connectivity index (χ1) is 10.6. The number of benzene rings is 1. The third kappa shape index (κ3) is 3.72. The number of carbonyl (C=O) groups excluding carboxylic acids is 1. The van der Waals surface area contributed by atoms with Gasteiger partial charge < -0.3 is 9.64 Å². The zero-order valence-corrected chi connectivity index (χ0v) is 14.0. The molecule has 0 atom stereocenters. The molecule has 1 aliphatic rings. The van der Waals surface area contributed by atoms with Crippen LogP contribution in [-0.4, -0.2) is 35.0 Å². The SMILES string of the molecule is O=C(CCc1ccc(Cl)cc1Cl)N1CC(Oc2nccs2)C1. The van der Waals surface area contributed by atoms with Crippen molar-refractivity contribution in [1.29, 1.82) is 0 Å². The summed E-state index contributed by atoms with van der Waals surface area (Å²) >= 11 is 13.4. The number of aryl methyl sites for hydroxylation is 1. The minimum atomic E-state index is 0.0502. The van der Waals surface area contributed by atoms with Crippen molar-refractivity contribution in [3.05, 3.63) is 45.4 Å². The molecule has 1 aromatic heterocycles. The van der Waals surface area contributed by atoms with Crippen molar-refractivity contribution in [3.63, 3.8) is 0 Å². The first-order valence-electron chi connectivity index (χ1n) is 6.89. The molecule has 1 aliphatic heterocycles. The molecule has 0 saturated carbocycles. The van der Waals surface area contributed by atoms with Gasteiger partial charge in [0.1, 0.15) is 6.10 Å². The van der Waals surface area contributed by atoms with Gasteiger partial charge >= 0.3 is 0 Å². The lowest BCUT2D eigenvalue weighted by Gasteiger charge is -2.38. The normalized spacial score (nSPS) is 14.7. The summed E-state index contributed by atoms with van der Waals surface area (Å²) in [5.41, 5.74) is 0.940. The molecular formula is C15H14Cl2N2O2S. The van der Waals surface area contributed by atoms with Crippen LogP contribution in [-0.2, 0) is 11.2 Å². The standard InChI is InChI=1S/C15H14Cl2N2O2S/c16-11-3-1-10(13(17)7-11)2-4-14(20)19-8-12(9-19)21-15-18-5-6-22-15/h1,3,5-7,12H,2,4,8-9H2. The summed E-state index contributed by atoms with van der Waals surface area (Å²) in [5, 5.41) is 3.73. The van der Waals surface area contributed by atoms with Crippen molar-refractivity contribution in [1.82, 2.24) is 9.88 Å². The predicted molar refractivity (Wildman–Crippen MR) is 87.9 cm³/mol. The molecule has 2 heterocycles. The van der Waals surface area contributed by atoms with Crippen LogP contribution >= 0.6 is 34.5 Å². The molecular weight excluding hydrogens is 343 g/mol. The van der Waals surface area contributed by atoms with Crippen LogP contribution in [0.4, 0.5) is 0 Å². The van der Waals surface area contributed by atoms with E-state index in [2.05, 4.69) is 4.98 Å². The number of hydrogen-bond acceptors (Lipinski definition) is 4. The van der Waals surface area contributed by atoms with Gasteiger partial charge in [-0.2, -0.15) is 0 Å². The Morgan fingerprint density at radius 3 is 2.91 bits per heavy atom. The van der Waals surface area contributed by atoms with Gasteiger partial charge in [0.05, 0.1) is 13.1 Å². The Labute approximate surface area is 142 Å². The number of rotatable bonds is 5. The topological polar surface area (TPSA) is 42.4 Å². The number of nitrogens with zero attached hydrogens (tertiary/aromatic N) is 2. The smallest absolute Gasteiger partial charge is 0.273 e. The molecule has 0 spiro atoms. The molecule has 4 nitrogen and oxygen atoms in total. The average Bonchev–Trinajstić information content (AvgIpc) is 2.94. The molecule has 0 N–H and O–H groups in total. The van der Waals surface area contributed by atoms with Gasteiger partial charge in [-0.05, 0) is 24.1 Å². The Morgan fingerprint density at radius 2 is 2.23 bits per heavy atom. The fourth-order valence-electron chi connectivity index (χ4n) is 2.25. The van der Waals surface area contributed by atoms with Crippen molar-refractivity contribution in [2.45, 2.75) is 18.9 Å². The molecule has 0 bridgehead atoms. The highest BCUT2D eigenvalue weighted by molar-refractivity contribution is 7.11. The summed E-state index contributed by atoms with van der Waals surface area (Å²) in [6.45, 7) is 1.24. The van der Waals surface area contributed by atoms with E-state index in [-0.39, 0.29) is 12.0 Å². The van der Waals surface area contributed by atoms with Crippen LogP contribution in [0.5, 0.6) is 5.19 Å². The van der Waals surface area contributed by atoms with Crippen LogP contribution in [0, 0.1) is 0 Å². The first kappa shape index (κ1) is 15.6. The van der Waals surface area contributed by atoms with Crippen molar-refractivity contribution >= 4 is 40.4 Å². The molecule has 22 heavy (non-hydrogen) atoms. The number of ether oxygens (including phenoxy) is 1. The van der Waals surface area contributed by atoms with Gasteiger partial charge in [-0.3, -0.25) is 4.79 Å². The second-order valence-corrected chi connectivity index (χ2v) is 6.77. The lowest BCUT2D eigenvalue weighted by Crippen LogP contribution is -2.56. The Balaban J connectivity index is 1.44. The second-order valence-electron chi connectivity index (χ2n) is 5.07. The van der Waals surface area contributed by atoms with E-state index in [1.807, 2.05) is 11.4 Å². The van der Waals surface area contributed by atoms with E-state index in [0.29, 0.717) is 41.2 Å². The van der Waals surface area contributed by atoms with Crippen molar-refractivity contribution in [2.75, 3.05) is 13.1 Å². The van der Waals surface area contributed by atoms with E-state index in [9.17, 15) is 4.79 Å². The summed E-state index contributed by atoms with van der Waals surface area (Å²) in [6, 6.07) is 5.35. The number of hydrogen-bond donors (Lipinski definition) is 0. The number of amides is 1. The fourth-order valence-corrected chi connectivity index (χ4v) is 3.31. The summed E-state index contributed by atoms with van der Waals surface area (Å²) in [4.78, 5) is 18.0. The monoisotopic (exact) mass is 356 g/mol. The molecule has 0 radical (unpaired) electrons. The first-order valence-corrected chi connectivity index (χ1v) is 8.53. The molecule has 2 aromatic rings. The maximum atomic E-state index is 12.1. The fraction of sp³-hybridized carbons (Fsp3) is 0.333. The maximum absolute atomic E-state index is 12.1. The molecule has 1 saturated heterocycles. The molecule has 7 heteroatoms. The second kappa shape index (κ2) is 6.86.